The van der Waals surface area contributed by atoms with E-state index in [0.717, 1.165) is 43.0 Å². The van der Waals surface area contributed by atoms with Crippen LogP contribution in [0.4, 0.5) is 11.4 Å². The highest BCUT2D eigenvalue weighted by molar-refractivity contribution is 5.94. The molecule has 0 bridgehead atoms. The average Bonchev–Trinajstić information content (AvgIpc) is 2.67. The van der Waals surface area contributed by atoms with Gasteiger partial charge in [-0.2, -0.15) is 0 Å². The van der Waals surface area contributed by atoms with E-state index < -0.39 is 0 Å². The Kier molecular flexibility index (Phi) is 5.32. The number of hydrogen-bond acceptors (Lipinski definition) is 5. The van der Waals surface area contributed by atoms with Gasteiger partial charge in [0.25, 0.3) is 5.69 Å². The van der Waals surface area contributed by atoms with Crippen LogP contribution >= 0.6 is 0 Å². The van der Waals surface area contributed by atoms with Crippen LogP contribution in [-0.4, -0.2) is 41.8 Å². The van der Waals surface area contributed by atoms with Gasteiger partial charge < -0.3 is 4.90 Å². The maximum atomic E-state index is 11.4. The lowest BCUT2D eigenvalue weighted by atomic mass is 10.0. The molecule has 1 atom stereocenters. The van der Waals surface area contributed by atoms with E-state index in [1.165, 1.54) is 6.07 Å². The molecule has 0 N–H and O–H groups in total. The molecule has 0 saturated carbocycles. The number of benzene rings is 2. The number of hydrogen-bond donors (Lipinski definition) is 0. The first-order valence-corrected chi connectivity index (χ1v) is 8.80. The van der Waals surface area contributed by atoms with E-state index >= 15 is 0 Å². The minimum atomic E-state index is -0.348. The second-order valence-corrected chi connectivity index (χ2v) is 6.65. The molecule has 1 heterocycles. The van der Waals surface area contributed by atoms with Gasteiger partial charge in [0.2, 0.25) is 0 Å². The molecule has 0 radical (unpaired) electrons. The van der Waals surface area contributed by atoms with Crippen LogP contribution in [0.2, 0.25) is 0 Å². The number of anilines is 1. The molecule has 1 aliphatic rings. The molecule has 0 unspecified atom stereocenters. The van der Waals surface area contributed by atoms with Crippen LogP contribution in [0.5, 0.6) is 0 Å². The Hall–Kier alpha value is -2.73. The van der Waals surface area contributed by atoms with E-state index in [2.05, 4.69) is 16.7 Å². The summed E-state index contributed by atoms with van der Waals surface area (Å²) in [5.41, 5.74) is 2.96. The standard InChI is InChI=1S/C20H23N3O3/c1-15(18-4-3-5-20(14-18)23(25)26)21-10-12-22(13-11-21)19-8-6-17(7-9-19)16(2)24/h3-9,14-15H,10-13H2,1-2H3/t15-/m1/s1. The predicted molar refractivity (Wildman–Crippen MR) is 102 cm³/mol. The van der Waals surface area contributed by atoms with Crippen molar-refractivity contribution in [2.24, 2.45) is 0 Å². The highest BCUT2D eigenvalue weighted by Gasteiger charge is 2.23. The van der Waals surface area contributed by atoms with Gasteiger partial charge in [0.15, 0.2) is 5.78 Å². The normalized spacial score (nSPS) is 16.3. The van der Waals surface area contributed by atoms with Crippen molar-refractivity contribution >= 4 is 17.2 Å². The molecule has 2 aromatic rings. The summed E-state index contributed by atoms with van der Waals surface area (Å²) >= 11 is 0. The van der Waals surface area contributed by atoms with E-state index in [4.69, 9.17) is 0 Å². The Labute approximate surface area is 153 Å². The fourth-order valence-corrected chi connectivity index (χ4v) is 3.38. The van der Waals surface area contributed by atoms with Crippen LogP contribution in [0, 0.1) is 10.1 Å². The van der Waals surface area contributed by atoms with Crippen molar-refractivity contribution in [1.82, 2.24) is 4.90 Å². The zero-order valence-electron chi connectivity index (χ0n) is 15.1. The summed E-state index contributed by atoms with van der Waals surface area (Å²) in [4.78, 5) is 26.7. The lowest BCUT2D eigenvalue weighted by Gasteiger charge is -2.39. The van der Waals surface area contributed by atoms with Crippen LogP contribution in [-0.2, 0) is 0 Å². The van der Waals surface area contributed by atoms with Gasteiger partial charge >= 0.3 is 0 Å². The van der Waals surface area contributed by atoms with E-state index in [0.29, 0.717) is 0 Å². The Bertz CT molecular complexity index is 796. The molecule has 2 aromatic carbocycles. The number of nitrogens with zero attached hydrogens (tertiary/aromatic N) is 3. The van der Waals surface area contributed by atoms with Gasteiger partial charge in [-0.05, 0) is 43.7 Å². The van der Waals surface area contributed by atoms with Crippen molar-refractivity contribution in [3.05, 3.63) is 69.8 Å². The first-order chi connectivity index (χ1) is 12.5. The van der Waals surface area contributed by atoms with E-state index in [9.17, 15) is 14.9 Å². The third-order valence-electron chi connectivity index (χ3n) is 5.06. The number of Topliss-reactive ketones (excluding diaryl/α,β-unsaturated/α-hetero) is 1. The minimum absolute atomic E-state index is 0.0761. The van der Waals surface area contributed by atoms with Crippen molar-refractivity contribution in [2.75, 3.05) is 31.1 Å². The van der Waals surface area contributed by atoms with E-state index in [-0.39, 0.29) is 22.4 Å². The second-order valence-electron chi connectivity index (χ2n) is 6.65. The summed E-state index contributed by atoms with van der Waals surface area (Å²) in [6.45, 7) is 7.22. The zero-order chi connectivity index (χ0) is 18.7. The highest BCUT2D eigenvalue weighted by atomic mass is 16.6. The Morgan fingerprint density at radius 3 is 2.31 bits per heavy atom. The summed E-state index contributed by atoms with van der Waals surface area (Å²) in [7, 11) is 0. The molecule has 3 rings (SSSR count). The molecule has 136 valence electrons. The number of ketones is 1. The topological polar surface area (TPSA) is 66.7 Å². The fraction of sp³-hybridized carbons (Fsp3) is 0.350. The molecule has 6 nitrogen and oxygen atoms in total. The van der Waals surface area contributed by atoms with Crippen molar-refractivity contribution in [3.63, 3.8) is 0 Å². The summed E-state index contributed by atoms with van der Waals surface area (Å²) in [5.74, 6) is 0.0761. The SMILES string of the molecule is CC(=O)c1ccc(N2CCN([C@H](C)c3cccc([N+](=O)[O-])c3)CC2)cc1. The Morgan fingerprint density at radius 2 is 1.73 bits per heavy atom. The number of carbonyl (C=O) groups is 1. The van der Waals surface area contributed by atoms with Gasteiger partial charge in [0.1, 0.15) is 0 Å². The number of carbonyl (C=O) groups excluding carboxylic acids is 1. The molecular weight excluding hydrogens is 330 g/mol. The summed E-state index contributed by atoms with van der Waals surface area (Å²) in [6.07, 6.45) is 0. The maximum absolute atomic E-state index is 11.4. The maximum Gasteiger partial charge on any atom is 0.269 e. The van der Waals surface area contributed by atoms with E-state index in [1.807, 2.05) is 30.3 Å². The highest BCUT2D eigenvalue weighted by Crippen LogP contribution is 2.26. The largest absolute Gasteiger partial charge is 0.369 e. The number of nitro groups is 1. The molecule has 0 amide bonds. The number of nitro benzene ring substituents is 1. The van der Waals surface area contributed by atoms with Gasteiger partial charge in [-0.1, -0.05) is 12.1 Å². The number of non-ortho nitro benzene ring substituents is 1. The quantitative estimate of drug-likeness (QED) is 0.466. The van der Waals surface area contributed by atoms with Gasteiger partial charge in [-0.3, -0.25) is 19.8 Å². The molecule has 0 spiro atoms. The van der Waals surface area contributed by atoms with Gasteiger partial charge in [0.05, 0.1) is 4.92 Å². The van der Waals surface area contributed by atoms with Crippen LogP contribution < -0.4 is 4.90 Å². The zero-order valence-corrected chi connectivity index (χ0v) is 15.1. The Balaban J connectivity index is 1.63. The predicted octanol–water partition coefficient (Wildman–Crippen LogP) is 3.68. The lowest BCUT2D eigenvalue weighted by Crippen LogP contribution is -2.47. The Morgan fingerprint density at radius 1 is 1.08 bits per heavy atom. The summed E-state index contributed by atoms with van der Waals surface area (Å²) in [6, 6.07) is 14.8. The third kappa shape index (κ3) is 3.91. The van der Waals surface area contributed by atoms with Crippen molar-refractivity contribution in [2.45, 2.75) is 19.9 Å². The van der Waals surface area contributed by atoms with Crippen LogP contribution in [0.3, 0.4) is 0 Å². The minimum Gasteiger partial charge on any atom is -0.369 e. The molecule has 26 heavy (non-hydrogen) atoms. The average molecular weight is 353 g/mol. The molecule has 0 aliphatic carbocycles. The van der Waals surface area contributed by atoms with Crippen LogP contribution in [0.25, 0.3) is 0 Å². The molecule has 6 heteroatoms. The van der Waals surface area contributed by atoms with Crippen LogP contribution in [0.1, 0.15) is 35.8 Å². The van der Waals surface area contributed by atoms with Crippen LogP contribution in [0.15, 0.2) is 48.5 Å². The van der Waals surface area contributed by atoms with Gasteiger partial charge in [-0.15, -0.1) is 0 Å². The fourth-order valence-electron chi connectivity index (χ4n) is 3.38. The van der Waals surface area contributed by atoms with Crippen molar-refractivity contribution in [1.29, 1.82) is 0 Å². The van der Waals surface area contributed by atoms with Gasteiger partial charge in [-0.25, -0.2) is 0 Å². The first-order valence-electron chi connectivity index (χ1n) is 8.80. The molecule has 1 saturated heterocycles. The molecule has 0 aromatic heterocycles. The van der Waals surface area contributed by atoms with Gasteiger partial charge in [0, 0.05) is 55.6 Å². The van der Waals surface area contributed by atoms with Crippen molar-refractivity contribution in [3.8, 4) is 0 Å². The number of rotatable bonds is 5. The summed E-state index contributed by atoms with van der Waals surface area (Å²) < 4.78 is 0. The molecule has 1 aliphatic heterocycles. The number of piperazine rings is 1. The second kappa shape index (κ2) is 7.66. The monoisotopic (exact) mass is 353 g/mol. The van der Waals surface area contributed by atoms with E-state index in [1.54, 1.807) is 19.1 Å². The first kappa shape index (κ1) is 18.1. The summed E-state index contributed by atoms with van der Waals surface area (Å²) in [5, 5.41) is 11.0. The van der Waals surface area contributed by atoms with Crippen molar-refractivity contribution < 1.29 is 9.72 Å². The smallest absolute Gasteiger partial charge is 0.269 e. The lowest BCUT2D eigenvalue weighted by molar-refractivity contribution is -0.385. The molecular formula is C20H23N3O3. The third-order valence-corrected chi connectivity index (χ3v) is 5.06. The molecule has 1 fully saturated rings.